The highest BCUT2D eigenvalue weighted by atomic mass is 19.1. The lowest BCUT2D eigenvalue weighted by Gasteiger charge is -2.23. The lowest BCUT2D eigenvalue weighted by atomic mass is 9.99. The Labute approximate surface area is 163 Å². The summed E-state index contributed by atoms with van der Waals surface area (Å²) in [6.07, 6.45) is 4.68. The van der Waals surface area contributed by atoms with Gasteiger partial charge in [0.2, 0.25) is 17.7 Å². The smallest absolute Gasteiger partial charge is 0.246 e. The fourth-order valence-electron chi connectivity index (χ4n) is 4.31. The molecule has 3 amide bonds. The summed E-state index contributed by atoms with van der Waals surface area (Å²) in [6.45, 7) is 1.04. The molecule has 3 heterocycles. The molecule has 28 heavy (non-hydrogen) atoms. The van der Waals surface area contributed by atoms with E-state index >= 15 is 0 Å². The van der Waals surface area contributed by atoms with Gasteiger partial charge in [0.05, 0.1) is 12.6 Å². The first kappa shape index (κ1) is 18.5. The summed E-state index contributed by atoms with van der Waals surface area (Å²) in [5.41, 5.74) is 2.24. The summed E-state index contributed by atoms with van der Waals surface area (Å²) in [7, 11) is 0. The number of benzene rings is 1. The molecule has 4 rings (SSSR count). The fraction of sp³-hybridized carbons (Fsp3) is 0.476. The zero-order valence-electron chi connectivity index (χ0n) is 15.4. The van der Waals surface area contributed by atoms with E-state index in [1.54, 1.807) is 4.90 Å². The van der Waals surface area contributed by atoms with Crippen molar-refractivity contribution in [2.45, 2.75) is 50.6 Å². The van der Waals surface area contributed by atoms with Crippen molar-refractivity contribution in [2.75, 3.05) is 6.54 Å². The number of alkyl halides is 1. The minimum absolute atomic E-state index is 0.0459. The minimum atomic E-state index is -1.14. The number of carbonyl (C=O) groups excluding carboxylic acids is 3. The molecule has 6 nitrogen and oxygen atoms in total. The lowest BCUT2D eigenvalue weighted by molar-refractivity contribution is -0.135. The maximum atomic E-state index is 13.6. The molecule has 1 aromatic rings. The van der Waals surface area contributed by atoms with E-state index in [1.165, 1.54) is 4.90 Å². The monoisotopic (exact) mass is 383 g/mol. The third kappa shape index (κ3) is 3.35. The summed E-state index contributed by atoms with van der Waals surface area (Å²) >= 11 is 0. The van der Waals surface area contributed by atoms with E-state index in [-0.39, 0.29) is 43.5 Å². The number of carbonyl (C=O) groups is 3. The van der Waals surface area contributed by atoms with E-state index in [2.05, 4.69) is 11.2 Å². The van der Waals surface area contributed by atoms with Crippen molar-refractivity contribution < 1.29 is 18.8 Å². The zero-order valence-corrected chi connectivity index (χ0v) is 15.4. The van der Waals surface area contributed by atoms with Crippen LogP contribution < -0.4 is 5.32 Å². The van der Waals surface area contributed by atoms with Gasteiger partial charge in [-0.15, -0.1) is 6.42 Å². The van der Waals surface area contributed by atoms with Gasteiger partial charge in [0, 0.05) is 31.8 Å². The quantitative estimate of drug-likeness (QED) is 0.792. The molecule has 146 valence electrons. The van der Waals surface area contributed by atoms with Crippen LogP contribution in [0.25, 0.3) is 0 Å². The van der Waals surface area contributed by atoms with Gasteiger partial charge in [-0.05, 0) is 17.5 Å². The van der Waals surface area contributed by atoms with Crippen LogP contribution in [0.5, 0.6) is 0 Å². The van der Waals surface area contributed by atoms with Gasteiger partial charge in [-0.3, -0.25) is 14.4 Å². The van der Waals surface area contributed by atoms with Crippen molar-refractivity contribution in [2.24, 2.45) is 5.92 Å². The molecule has 0 bridgehead atoms. The predicted molar refractivity (Wildman–Crippen MR) is 99.2 cm³/mol. The summed E-state index contributed by atoms with van der Waals surface area (Å²) in [5.74, 6) is 1.11. The van der Waals surface area contributed by atoms with Crippen LogP contribution in [-0.4, -0.2) is 52.3 Å². The SMILES string of the molecule is C#CC1C[C@H](F)CN1C(=O)[C@@H]1C[C@@H](CC(=O)N2Cc3ccccc3C2)C(=O)N1. The van der Waals surface area contributed by atoms with Crippen molar-refractivity contribution in [3.05, 3.63) is 35.4 Å². The van der Waals surface area contributed by atoms with Crippen LogP contribution in [0.15, 0.2) is 24.3 Å². The van der Waals surface area contributed by atoms with Crippen LogP contribution in [0.4, 0.5) is 4.39 Å². The number of hydrogen-bond acceptors (Lipinski definition) is 3. The summed E-state index contributed by atoms with van der Waals surface area (Å²) in [5, 5.41) is 2.66. The number of nitrogens with zero attached hydrogens (tertiary/aromatic N) is 2. The number of nitrogens with one attached hydrogen (secondary N) is 1. The minimum Gasteiger partial charge on any atom is -0.344 e. The van der Waals surface area contributed by atoms with Gasteiger partial charge >= 0.3 is 0 Å². The predicted octanol–water partition coefficient (Wildman–Crippen LogP) is 0.996. The second-order valence-corrected chi connectivity index (χ2v) is 7.72. The van der Waals surface area contributed by atoms with Gasteiger partial charge in [-0.2, -0.15) is 0 Å². The first-order chi connectivity index (χ1) is 13.5. The van der Waals surface area contributed by atoms with Crippen LogP contribution in [0.2, 0.25) is 0 Å². The molecular weight excluding hydrogens is 361 g/mol. The van der Waals surface area contributed by atoms with Gasteiger partial charge < -0.3 is 15.1 Å². The molecule has 0 saturated carbocycles. The first-order valence-electron chi connectivity index (χ1n) is 9.52. The Hall–Kier alpha value is -2.88. The average molecular weight is 383 g/mol. The molecule has 0 spiro atoms. The molecule has 1 N–H and O–H groups in total. The number of halogens is 1. The van der Waals surface area contributed by atoms with E-state index < -0.39 is 24.2 Å². The second kappa shape index (κ2) is 7.27. The zero-order chi connectivity index (χ0) is 19.8. The standard InChI is InChI=1S/C21H22FN3O3/c1-2-17-9-16(22)12-25(17)21(28)18-7-15(20(27)23-18)8-19(26)24-10-13-5-3-4-6-14(13)11-24/h1,3-6,15-18H,7-12H2,(H,23,27)/t15-,16-,17?,18-/m0/s1. The molecule has 2 fully saturated rings. The van der Waals surface area contributed by atoms with Gasteiger partial charge in [0.1, 0.15) is 12.2 Å². The first-order valence-corrected chi connectivity index (χ1v) is 9.52. The topological polar surface area (TPSA) is 69.7 Å². The van der Waals surface area contributed by atoms with Gasteiger partial charge in [-0.1, -0.05) is 30.2 Å². The Balaban J connectivity index is 1.36. The third-order valence-corrected chi connectivity index (χ3v) is 5.85. The van der Waals surface area contributed by atoms with Crippen molar-refractivity contribution in [1.82, 2.24) is 15.1 Å². The molecule has 3 aliphatic rings. The number of hydrogen-bond donors (Lipinski definition) is 1. The average Bonchev–Trinajstić information content (AvgIpc) is 3.37. The highest BCUT2D eigenvalue weighted by Gasteiger charge is 2.43. The van der Waals surface area contributed by atoms with E-state index in [0.29, 0.717) is 13.1 Å². The largest absolute Gasteiger partial charge is 0.344 e. The van der Waals surface area contributed by atoms with E-state index in [9.17, 15) is 18.8 Å². The molecule has 4 atom stereocenters. The summed E-state index contributed by atoms with van der Waals surface area (Å²) in [4.78, 5) is 40.7. The molecule has 7 heteroatoms. The van der Waals surface area contributed by atoms with Crippen LogP contribution in [0.3, 0.4) is 0 Å². The molecule has 3 aliphatic heterocycles. The Morgan fingerprint density at radius 3 is 2.54 bits per heavy atom. The number of amides is 3. The fourth-order valence-corrected chi connectivity index (χ4v) is 4.31. The Morgan fingerprint density at radius 2 is 1.89 bits per heavy atom. The second-order valence-electron chi connectivity index (χ2n) is 7.72. The molecule has 1 unspecified atom stereocenters. The summed E-state index contributed by atoms with van der Waals surface area (Å²) < 4.78 is 13.6. The van der Waals surface area contributed by atoms with Crippen LogP contribution >= 0.6 is 0 Å². The van der Waals surface area contributed by atoms with Crippen molar-refractivity contribution in [1.29, 1.82) is 0 Å². The molecule has 2 saturated heterocycles. The number of rotatable bonds is 3. The van der Waals surface area contributed by atoms with Gasteiger partial charge in [0.15, 0.2) is 0 Å². The van der Waals surface area contributed by atoms with Crippen molar-refractivity contribution in [3.8, 4) is 12.3 Å². The van der Waals surface area contributed by atoms with Crippen LogP contribution in [0, 0.1) is 18.3 Å². The molecular formula is C21H22FN3O3. The highest BCUT2D eigenvalue weighted by Crippen LogP contribution is 2.28. The third-order valence-electron chi connectivity index (χ3n) is 5.85. The molecule has 1 aromatic carbocycles. The molecule has 0 aliphatic carbocycles. The van der Waals surface area contributed by atoms with Crippen molar-refractivity contribution >= 4 is 17.7 Å². The molecule has 0 radical (unpaired) electrons. The lowest BCUT2D eigenvalue weighted by Crippen LogP contribution is -2.46. The maximum Gasteiger partial charge on any atom is 0.246 e. The van der Waals surface area contributed by atoms with Crippen molar-refractivity contribution in [3.63, 3.8) is 0 Å². The van der Waals surface area contributed by atoms with Crippen LogP contribution in [0.1, 0.15) is 30.4 Å². The van der Waals surface area contributed by atoms with Gasteiger partial charge in [-0.25, -0.2) is 4.39 Å². The summed E-state index contributed by atoms with van der Waals surface area (Å²) in [6, 6.07) is 6.55. The normalized spacial score (nSPS) is 28.8. The number of fused-ring (bicyclic) bond motifs is 1. The maximum absolute atomic E-state index is 13.6. The number of terminal acetylenes is 1. The Kier molecular flexibility index (Phi) is 4.80. The Morgan fingerprint density at radius 1 is 1.21 bits per heavy atom. The van der Waals surface area contributed by atoms with Gasteiger partial charge in [0.25, 0.3) is 0 Å². The van der Waals surface area contributed by atoms with Crippen LogP contribution in [-0.2, 0) is 27.5 Å². The number of likely N-dealkylation sites (tertiary alicyclic amines) is 1. The van der Waals surface area contributed by atoms with E-state index in [0.717, 1.165) is 11.1 Å². The van der Waals surface area contributed by atoms with E-state index in [1.807, 2.05) is 24.3 Å². The van der Waals surface area contributed by atoms with E-state index in [4.69, 9.17) is 6.42 Å². The molecule has 0 aromatic heterocycles. The Bertz CT molecular complexity index is 840. The highest BCUT2D eigenvalue weighted by molar-refractivity contribution is 5.94.